The molecule has 2 heterocycles. The van der Waals surface area contributed by atoms with Crippen molar-refractivity contribution in [1.29, 1.82) is 0 Å². The predicted molar refractivity (Wildman–Crippen MR) is 308 cm³/mol. The Bertz CT molecular complexity index is 2130. The van der Waals surface area contributed by atoms with Crippen LogP contribution in [0.5, 0.6) is 0 Å². The first-order valence-electron chi connectivity index (χ1n) is 28.5. The van der Waals surface area contributed by atoms with Crippen molar-refractivity contribution in [2.24, 2.45) is 0 Å². The summed E-state index contributed by atoms with van der Waals surface area (Å²) < 4.78 is 40.3. The van der Waals surface area contributed by atoms with Gasteiger partial charge in [0, 0.05) is 105 Å². The summed E-state index contributed by atoms with van der Waals surface area (Å²) in [5, 5.41) is 0. The molecule has 83 heavy (non-hydrogen) atoms. The number of hydrogen-bond donors (Lipinski definition) is 0. The van der Waals surface area contributed by atoms with Gasteiger partial charge in [0.25, 0.3) is 0 Å². The SMILES string of the molecule is CC(C)(C)OC(=O)N1CCN(C(=O)CN(CC(=O)N2CCN(C(=O)OC(C)(C)C)CCN(C(=O)OC(C)(C)C)CCN(C(=O)OC(C)(C)C)CC2)C(=O)OCc2ccccc2)CCN(C(=O)OC(C)(C)C)CCN(C(=O)OC(C)(C)C)CC1. The van der Waals surface area contributed by atoms with E-state index in [-0.39, 0.29) is 111 Å². The Hall–Kier alpha value is -6.95. The molecule has 0 aromatic heterocycles. The highest BCUT2D eigenvalue weighted by Crippen LogP contribution is 2.19. The monoisotopic (exact) mass is 1180 g/mol. The number of amides is 9. The molecule has 0 unspecified atom stereocenters. The van der Waals surface area contributed by atoms with Crippen LogP contribution in [0.25, 0.3) is 0 Å². The van der Waals surface area contributed by atoms with Crippen molar-refractivity contribution in [2.45, 2.75) is 165 Å². The second-order valence-corrected chi connectivity index (χ2v) is 26.5. The molecule has 0 spiro atoms. The molecule has 0 radical (unpaired) electrons. The Balaban J connectivity index is 2.14. The molecule has 2 aliphatic heterocycles. The van der Waals surface area contributed by atoms with Gasteiger partial charge in [-0.25, -0.2) is 33.6 Å². The van der Waals surface area contributed by atoms with Crippen LogP contribution in [0.1, 0.15) is 130 Å². The van der Waals surface area contributed by atoms with Crippen LogP contribution in [-0.4, -0.2) is 250 Å². The van der Waals surface area contributed by atoms with E-state index in [0.29, 0.717) is 5.56 Å². The van der Waals surface area contributed by atoms with E-state index in [2.05, 4.69) is 0 Å². The molecule has 0 saturated carbocycles. The van der Waals surface area contributed by atoms with Gasteiger partial charge >= 0.3 is 42.7 Å². The number of benzene rings is 1. The van der Waals surface area contributed by atoms with E-state index in [1.165, 1.54) is 39.2 Å². The lowest BCUT2D eigenvalue weighted by molar-refractivity contribution is -0.136. The van der Waals surface area contributed by atoms with Gasteiger partial charge in [0.15, 0.2) is 0 Å². The zero-order valence-corrected chi connectivity index (χ0v) is 52.9. The minimum Gasteiger partial charge on any atom is -0.445 e. The standard InChI is InChI=1S/C58H97N9O16/c1-53(2,3)78-47(71)61-28-24-59(25-29-62(48(72)79-54(4,5)6)33-37-65(36-32-61)51(75)82-57(13,14)15)44(68)40-67(46(70)77-42-43-22-20-19-21-23-43)41-45(69)60-26-30-63(49(73)80-55(7,8)9)34-38-66(52(76)83-58(16,17)18)39-35-64(31-27-60)50(74)81-56(10,11)12/h19-23H,24-42H2,1-18H3. The lowest BCUT2D eigenvalue weighted by Crippen LogP contribution is -2.54. The molecule has 3 rings (SSSR count). The maximum absolute atomic E-state index is 15.0. The number of ether oxygens (including phenoxy) is 7. The first-order chi connectivity index (χ1) is 38.1. The summed E-state index contributed by atoms with van der Waals surface area (Å²) in [4.78, 5) is 139. The Morgan fingerprint density at radius 3 is 0.711 bits per heavy atom. The van der Waals surface area contributed by atoms with Crippen molar-refractivity contribution in [1.82, 2.24) is 44.1 Å². The highest BCUT2D eigenvalue weighted by molar-refractivity contribution is 5.87. The average Bonchev–Trinajstić information content (AvgIpc) is 3.44. The van der Waals surface area contributed by atoms with Gasteiger partial charge in [-0.2, -0.15) is 0 Å². The first-order valence-corrected chi connectivity index (χ1v) is 28.5. The number of carbonyl (C=O) groups excluding carboxylic acids is 9. The fourth-order valence-corrected chi connectivity index (χ4v) is 7.90. The highest BCUT2D eigenvalue weighted by Gasteiger charge is 2.35. The Labute approximate surface area is 491 Å². The molecule has 2 saturated heterocycles. The second kappa shape index (κ2) is 30.0. The van der Waals surface area contributed by atoms with E-state index < -0.39 is 101 Å². The van der Waals surface area contributed by atoms with Crippen LogP contribution in [0.4, 0.5) is 33.6 Å². The van der Waals surface area contributed by atoms with Crippen LogP contribution in [0, 0.1) is 0 Å². The molecule has 9 amide bonds. The average molecular weight is 1180 g/mol. The molecular formula is C58H97N9O16. The third-order valence-electron chi connectivity index (χ3n) is 11.8. The molecule has 1 aromatic rings. The fourth-order valence-electron chi connectivity index (χ4n) is 7.90. The van der Waals surface area contributed by atoms with Crippen molar-refractivity contribution in [3.63, 3.8) is 0 Å². The summed E-state index contributed by atoms with van der Waals surface area (Å²) >= 11 is 0. The van der Waals surface area contributed by atoms with E-state index in [0.717, 1.165) is 4.90 Å². The van der Waals surface area contributed by atoms with E-state index in [9.17, 15) is 43.2 Å². The third kappa shape index (κ3) is 27.8. The minimum atomic E-state index is -1.03. The summed E-state index contributed by atoms with van der Waals surface area (Å²) in [7, 11) is 0. The maximum Gasteiger partial charge on any atom is 0.411 e. The maximum atomic E-state index is 15.0. The second-order valence-electron chi connectivity index (χ2n) is 26.5. The van der Waals surface area contributed by atoms with Crippen molar-refractivity contribution in [3.8, 4) is 0 Å². The molecular weight excluding hydrogens is 1080 g/mol. The van der Waals surface area contributed by atoms with Crippen LogP contribution in [0.15, 0.2) is 30.3 Å². The molecule has 25 heteroatoms. The summed E-state index contributed by atoms with van der Waals surface area (Å²) in [6.07, 6.45) is -5.26. The summed E-state index contributed by atoms with van der Waals surface area (Å²) in [6, 6.07) is 8.78. The van der Waals surface area contributed by atoms with Crippen LogP contribution in [0.2, 0.25) is 0 Å². The molecule has 25 nitrogen and oxygen atoms in total. The van der Waals surface area contributed by atoms with Crippen molar-refractivity contribution < 1.29 is 76.3 Å². The van der Waals surface area contributed by atoms with Crippen LogP contribution in [-0.2, 0) is 49.4 Å². The van der Waals surface area contributed by atoms with Gasteiger partial charge in [-0.3, -0.25) is 14.5 Å². The summed E-state index contributed by atoms with van der Waals surface area (Å²) in [6.45, 7) is 27.5. The molecule has 2 aliphatic rings. The largest absolute Gasteiger partial charge is 0.445 e. The van der Waals surface area contributed by atoms with Gasteiger partial charge in [-0.05, 0) is 130 Å². The van der Waals surface area contributed by atoms with Gasteiger partial charge in [0.2, 0.25) is 11.8 Å². The number of hydrogen-bond acceptors (Lipinski definition) is 16. The van der Waals surface area contributed by atoms with Crippen molar-refractivity contribution >= 4 is 54.5 Å². The summed E-state index contributed by atoms with van der Waals surface area (Å²) in [5.41, 5.74) is -4.79. The summed E-state index contributed by atoms with van der Waals surface area (Å²) in [5.74, 6) is -1.38. The number of rotatable bonds is 6. The van der Waals surface area contributed by atoms with E-state index >= 15 is 0 Å². The van der Waals surface area contributed by atoms with Gasteiger partial charge in [-0.15, -0.1) is 0 Å². The molecule has 1 aromatic carbocycles. The van der Waals surface area contributed by atoms with Crippen molar-refractivity contribution in [2.75, 3.05) is 118 Å². The predicted octanol–water partition coefficient (Wildman–Crippen LogP) is 7.73. The molecule has 0 aliphatic carbocycles. The van der Waals surface area contributed by atoms with Gasteiger partial charge in [-0.1, -0.05) is 30.3 Å². The highest BCUT2D eigenvalue weighted by atomic mass is 16.6. The Morgan fingerprint density at radius 2 is 0.518 bits per heavy atom. The number of nitrogens with zero attached hydrogens (tertiary/aromatic N) is 9. The topological polar surface area (TPSA) is 247 Å². The zero-order chi connectivity index (χ0) is 62.9. The normalized spacial score (nSPS) is 16.4. The molecule has 2 fully saturated rings. The minimum absolute atomic E-state index is 0.0422. The quantitative estimate of drug-likeness (QED) is 0.247. The Kier molecular flexibility index (Phi) is 25.4. The molecule has 0 bridgehead atoms. The van der Waals surface area contributed by atoms with E-state index in [4.69, 9.17) is 33.2 Å². The Morgan fingerprint density at radius 1 is 0.325 bits per heavy atom. The zero-order valence-electron chi connectivity index (χ0n) is 52.9. The van der Waals surface area contributed by atoms with Gasteiger partial charge < -0.3 is 72.4 Å². The smallest absolute Gasteiger partial charge is 0.411 e. The van der Waals surface area contributed by atoms with Gasteiger partial charge in [0.05, 0.1) is 0 Å². The van der Waals surface area contributed by atoms with Gasteiger partial charge in [0.1, 0.15) is 53.3 Å². The van der Waals surface area contributed by atoms with E-state index in [1.54, 1.807) is 155 Å². The van der Waals surface area contributed by atoms with Crippen LogP contribution < -0.4 is 0 Å². The first kappa shape index (κ1) is 70.3. The fraction of sp³-hybridized carbons (Fsp3) is 0.741. The molecule has 0 atom stereocenters. The van der Waals surface area contributed by atoms with E-state index in [1.807, 2.05) is 0 Å². The molecule has 470 valence electrons. The van der Waals surface area contributed by atoms with Crippen molar-refractivity contribution in [3.05, 3.63) is 35.9 Å². The lowest BCUT2D eigenvalue weighted by Gasteiger charge is -2.36. The van der Waals surface area contributed by atoms with Crippen LogP contribution >= 0.6 is 0 Å². The number of carbonyl (C=O) groups is 9. The lowest BCUT2D eigenvalue weighted by atomic mass is 10.2. The van der Waals surface area contributed by atoms with Crippen LogP contribution in [0.3, 0.4) is 0 Å². The molecule has 0 N–H and O–H groups in total. The third-order valence-corrected chi connectivity index (χ3v) is 11.8.